The summed E-state index contributed by atoms with van der Waals surface area (Å²) in [6, 6.07) is -3.30. The number of hydrogen-bond donors (Lipinski definition) is 10. The van der Waals surface area contributed by atoms with Crippen LogP contribution in [0.15, 0.2) is 0 Å². The highest BCUT2D eigenvalue weighted by Gasteiger charge is 2.51. The lowest BCUT2D eigenvalue weighted by Crippen LogP contribution is -2.68. The summed E-state index contributed by atoms with van der Waals surface area (Å²) < 4.78 is 27.8. The molecule has 0 bridgehead atoms. The molecule has 14 atom stereocenters. The molecule has 15 heteroatoms. The first-order chi connectivity index (χ1) is 15.6. The van der Waals surface area contributed by atoms with Gasteiger partial charge in [-0.25, -0.2) is 0 Å². The maximum absolute atomic E-state index is 10.8. The van der Waals surface area contributed by atoms with E-state index >= 15 is 0 Å². The van der Waals surface area contributed by atoms with Gasteiger partial charge in [-0.2, -0.15) is 0 Å². The largest absolute Gasteiger partial charge is 0.394 e. The number of hydrogen-bond acceptors (Lipinski definition) is 15. The molecule has 0 amide bonds. The molecule has 3 saturated heterocycles. The smallest absolute Gasteiger partial charge is 0.176 e. The first-order valence-electron chi connectivity index (χ1n) is 10.7. The molecule has 194 valence electrons. The molecule has 0 aliphatic carbocycles. The quantitative estimate of drug-likeness (QED) is 0.160. The molecule has 0 spiro atoms. The van der Waals surface area contributed by atoms with E-state index in [0.29, 0.717) is 0 Å². The van der Waals surface area contributed by atoms with Gasteiger partial charge in [0.15, 0.2) is 12.6 Å². The van der Waals surface area contributed by atoms with Gasteiger partial charge < -0.3 is 76.6 Å². The van der Waals surface area contributed by atoms with Crippen LogP contribution in [0.4, 0.5) is 0 Å². The van der Waals surface area contributed by atoms with E-state index in [1.54, 1.807) is 0 Å². The minimum absolute atomic E-state index is 0.00133. The fourth-order valence-corrected chi connectivity index (χ4v) is 4.13. The molecule has 13 N–H and O–H groups in total. The Labute approximate surface area is 189 Å². The molecule has 3 aliphatic heterocycles. The summed E-state index contributed by atoms with van der Waals surface area (Å²) in [5.41, 5.74) is 17.7. The van der Waals surface area contributed by atoms with Gasteiger partial charge in [0.25, 0.3) is 0 Å². The van der Waals surface area contributed by atoms with Gasteiger partial charge in [-0.3, -0.25) is 0 Å². The Bertz CT molecular complexity index is 616. The van der Waals surface area contributed by atoms with E-state index in [1.807, 2.05) is 0 Å². The average Bonchev–Trinajstić information content (AvgIpc) is 2.81. The molecule has 3 fully saturated rings. The Balaban J connectivity index is 1.71. The maximum Gasteiger partial charge on any atom is 0.176 e. The van der Waals surface area contributed by atoms with E-state index in [-0.39, 0.29) is 6.61 Å². The van der Waals surface area contributed by atoms with Crippen LogP contribution in [-0.4, -0.2) is 148 Å². The Morgan fingerprint density at radius 3 is 1.67 bits per heavy atom. The monoisotopic (exact) mass is 485 g/mol. The molecular weight excluding hydrogens is 450 g/mol. The summed E-state index contributed by atoms with van der Waals surface area (Å²) in [4.78, 5) is 0. The third-order valence-electron chi connectivity index (χ3n) is 6.24. The highest BCUT2D eigenvalue weighted by molar-refractivity contribution is 4.98. The lowest BCUT2D eigenvalue weighted by molar-refractivity contribution is -0.341. The zero-order valence-corrected chi connectivity index (χ0v) is 17.8. The van der Waals surface area contributed by atoms with Crippen molar-refractivity contribution < 1.29 is 59.4 Å². The maximum atomic E-state index is 10.8. The predicted octanol–water partition coefficient (Wildman–Crippen LogP) is -6.99. The molecule has 0 radical (unpaired) electrons. The molecular formula is C18H35N3O12. The molecule has 0 aromatic carbocycles. The van der Waals surface area contributed by atoms with E-state index in [4.69, 9.17) is 40.9 Å². The second-order valence-electron chi connectivity index (χ2n) is 8.49. The minimum atomic E-state index is -1.50. The van der Waals surface area contributed by atoms with Crippen molar-refractivity contribution in [1.82, 2.24) is 0 Å². The van der Waals surface area contributed by atoms with Crippen molar-refractivity contribution in [1.29, 1.82) is 0 Å². The highest BCUT2D eigenvalue weighted by Crippen LogP contribution is 2.30. The van der Waals surface area contributed by atoms with E-state index in [2.05, 4.69) is 0 Å². The molecule has 33 heavy (non-hydrogen) atoms. The fraction of sp³-hybridized carbons (Fsp3) is 1.00. The summed E-state index contributed by atoms with van der Waals surface area (Å²) in [6.07, 6.45) is -14.2. The van der Waals surface area contributed by atoms with Crippen LogP contribution in [0, 0.1) is 0 Å². The number of nitrogens with two attached hydrogens (primary N) is 3. The van der Waals surface area contributed by atoms with E-state index in [0.717, 1.165) is 0 Å². The summed E-state index contributed by atoms with van der Waals surface area (Å²) >= 11 is 0. The van der Waals surface area contributed by atoms with Crippen molar-refractivity contribution in [2.45, 2.75) is 85.6 Å². The molecule has 0 saturated carbocycles. The average molecular weight is 485 g/mol. The van der Waals surface area contributed by atoms with Crippen LogP contribution < -0.4 is 17.2 Å². The van der Waals surface area contributed by atoms with Crippen LogP contribution in [0.1, 0.15) is 0 Å². The molecule has 3 heterocycles. The van der Waals surface area contributed by atoms with Crippen molar-refractivity contribution in [2.24, 2.45) is 17.2 Å². The van der Waals surface area contributed by atoms with Crippen LogP contribution in [0.5, 0.6) is 0 Å². The van der Waals surface area contributed by atoms with Gasteiger partial charge in [0.05, 0.1) is 44.6 Å². The molecule has 3 aliphatic rings. The Kier molecular flexibility index (Phi) is 9.35. The van der Waals surface area contributed by atoms with Gasteiger partial charge in [-0.15, -0.1) is 0 Å². The molecule has 6 unspecified atom stereocenters. The van der Waals surface area contributed by atoms with Crippen LogP contribution in [0.3, 0.4) is 0 Å². The summed E-state index contributed by atoms with van der Waals surface area (Å²) in [7, 11) is 0. The number of rotatable bonds is 7. The molecule has 0 aromatic heterocycles. The van der Waals surface area contributed by atoms with Crippen LogP contribution in [0.25, 0.3) is 0 Å². The van der Waals surface area contributed by atoms with Crippen LogP contribution in [-0.2, 0) is 23.7 Å². The normalized spacial score (nSPS) is 51.5. The Morgan fingerprint density at radius 1 is 0.636 bits per heavy atom. The van der Waals surface area contributed by atoms with Crippen molar-refractivity contribution in [3.63, 3.8) is 0 Å². The zero-order chi connectivity index (χ0) is 24.4. The first-order valence-corrected chi connectivity index (χ1v) is 10.7. The third kappa shape index (κ3) is 5.48. The summed E-state index contributed by atoms with van der Waals surface area (Å²) in [5.74, 6) is 0. The lowest BCUT2D eigenvalue weighted by Gasteiger charge is -2.48. The van der Waals surface area contributed by atoms with E-state index in [1.165, 1.54) is 0 Å². The van der Waals surface area contributed by atoms with Crippen molar-refractivity contribution in [3.05, 3.63) is 0 Å². The van der Waals surface area contributed by atoms with E-state index in [9.17, 15) is 35.7 Å². The predicted molar refractivity (Wildman–Crippen MR) is 106 cm³/mol. The molecule has 0 aromatic rings. The highest BCUT2D eigenvalue weighted by atomic mass is 16.7. The van der Waals surface area contributed by atoms with Crippen molar-refractivity contribution >= 4 is 0 Å². The topological polar surface area (TPSA) is 266 Å². The van der Waals surface area contributed by atoms with Gasteiger partial charge in [-0.1, -0.05) is 0 Å². The van der Waals surface area contributed by atoms with Gasteiger partial charge in [0.2, 0.25) is 0 Å². The number of ether oxygens (including phenoxy) is 5. The second kappa shape index (κ2) is 11.4. The molecule has 15 nitrogen and oxygen atoms in total. The van der Waals surface area contributed by atoms with Gasteiger partial charge in [0, 0.05) is 0 Å². The van der Waals surface area contributed by atoms with Gasteiger partial charge >= 0.3 is 0 Å². The number of aliphatic hydroxyl groups is 7. The third-order valence-corrected chi connectivity index (χ3v) is 6.24. The lowest BCUT2D eigenvalue weighted by atomic mass is 9.95. The standard InChI is InChI=1S/C18H35N3O12/c19-5-4-29-7(2-23)15(11(5)25)32-18-10(21)14(28)16(8(3-24)31-18)33-17-9(20)13(27)12(26)6(1-22)30-17/h5-18,22-28H,1-4,19-21H2/t5?,6?,7?,8?,9?,10?,11-,12-,13-,14-,15-,16-,17+,18+/m1/s1. The van der Waals surface area contributed by atoms with Crippen molar-refractivity contribution in [3.8, 4) is 0 Å². The Hall–Kier alpha value is -0.600. The molecule has 3 rings (SSSR count). The van der Waals surface area contributed by atoms with Gasteiger partial charge in [0.1, 0.15) is 54.9 Å². The summed E-state index contributed by atoms with van der Waals surface area (Å²) in [5, 5.41) is 69.9. The number of aliphatic hydroxyl groups excluding tert-OH is 7. The first kappa shape index (κ1) is 27.0. The van der Waals surface area contributed by atoms with Crippen molar-refractivity contribution in [2.75, 3.05) is 26.4 Å². The Morgan fingerprint density at radius 2 is 1.12 bits per heavy atom. The SMILES string of the molecule is NC1[C@H](O[C@@H]2C(CO)O[C@@H](O[C@@H]3C(CO)OCC(N)[C@H]3O)C(N)[C@H]2O)OC(CO)[C@@H](O)[C@@H]1O. The minimum Gasteiger partial charge on any atom is -0.394 e. The van der Waals surface area contributed by atoms with Crippen LogP contribution in [0.2, 0.25) is 0 Å². The zero-order valence-electron chi connectivity index (χ0n) is 17.8. The summed E-state index contributed by atoms with van der Waals surface area (Å²) in [6.45, 7) is -1.77. The van der Waals surface area contributed by atoms with E-state index < -0.39 is 105 Å². The second-order valence-corrected chi connectivity index (χ2v) is 8.49. The van der Waals surface area contributed by atoms with Gasteiger partial charge in [-0.05, 0) is 0 Å². The van der Waals surface area contributed by atoms with Crippen LogP contribution >= 0.6 is 0 Å². The fourth-order valence-electron chi connectivity index (χ4n) is 4.13.